The predicted molar refractivity (Wildman–Crippen MR) is 92.6 cm³/mol. The zero-order chi connectivity index (χ0) is 17.8. The van der Waals surface area contributed by atoms with Crippen molar-refractivity contribution in [1.29, 1.82) is 0 Å². The van der Waals surface area contributed by atoms with Gasteiger partial charge in [0, 0.05) is 17.3 Å². The summed E-state index contributed by atoms with van der Waals surface area (Å²) >= 11 is 1.41. The third-order valence-corrected chi connectivity index (χ3v) is 4.63. The molecule has 0 bridgehead atoms. The van der Waals surface area contributed by atoms with Gasteiger partial charge in [-0.15, -0.1) is 11.3 Å². The molecular weight excluding hydrogens is 342 g/mol. The molecule has 25 heavy (non-hydrogen) atoms. The Morgan fingerprint density at radius 1 is 1.32 bits per heavy atom. The normalized spacial score (nSPS) is 11.9. The average molecular weight is 357 g/mol. The Morgan fingerprint density at radius 2 is 2.16 bits per heavy atom. The molecule has 0 unspecified atom stereocenters. The van der Waals surface area contributed by atoms with Gasteiger partial charge in [-0.2, -0.15) is 0 Å². The molecule has 0 spiro atoms. The van der Waals surface area contributed by atoms with Crippen LogP contribution in [0.2, 0.25) is 0 Å². The summed E-state index contributed by atoms with van der Waals surface area (Å²) in [7, 11) is 1.29. The van der Waals surface area contributed by atoms with E-state index in [0.717, 1.165) is 4.88 Å². The summed E-state index contributed by atoms with van der Waals surface area (Å²) in [4.78, 5) is 41.6. The van der Waals surface area contributed by atoms with Crippen LogP contribution >= 0.6 is 11.3 Å². The summed E-state index contributed by atoms with van der Waals surface area (Å²) in [6, 6.07) is 8.17. The van der Waals surface area contributed by atoms with Gasteiger partial charge in [0.2, 0.25) is 0 Å². The van der Waals surface area contributed by atoms with E-state index in [1.54, 1.807) is 24.4 Å². The van der Waals surface area contributed by atoms with E-state index in [0.29, 0.717) is 5.65 Å². The third-order valence-electron chi connectivity index (χ3n) is 3.65. The molecule has 0 aliphatic rings. The lowest BCUT2D eigenvalue weighted by atomic mass is 10.1. The largest absolute Gasteiger partial charge is 0.469 e. The zero-order valence-electron chi connectivity index (χ0n) is 13.3. The lowest BCUT2D eigenvalue weighted by Gasteiger charge is -2.16. The lowest BCUT2D eigenvalue weighted by Crippen LogP contribution is -2.35. The van der Waals surface area contributed by atoms with E-state index in [-0.39, 0.29) is 12.0 Å². The molecule has 3 aromatic rings. The summed E-state index contributed by atoms with van der Waals surface area (Å²) in [5, 5.41) is 4.57. The van der Waals surface area contributed by atoms with Crippen molar-refractivity contribution in [2.24, 2.45) is 0 Å². The van der Waals surface area contributed by atoms with Crippen LogP contribution in [-0.2, 0) is 9.53 Å². The molecule has 7 nitrogen and oxygen atoms in total. The number of carbonyl (C=O) groups excluding carboxylic acids is 2. The van der Waals surface area contributed by atoms with E-state index < -0.39 is 23.5 Å². The van der Waals surface area contributed by atoms with E-state index in [1.807, 2.05) is 17.5 Å². The number of hydrogen-bond donors (Lipinski definition) is 1. The molecule has 8 heteroatoms. The molecule has 1 atom stereocenters. The minimum absolute atomic E-state index is 0.0227. The fourth-order valence-electron chi connectivity index (χ4n) is 2.38. The highest BCUT2D eigenvalue weighted by Gasteiger charge is 2.22. The monoisotopic (exact) mass is 357 g/mol. The number of methoxy groups -OCH3 is 1. The highest BCUT2D eigenvalue weighted by molar-refractivity contribution is 7.10. The van der Waals surface area contributed by atoms with Crippen molar-refractivity contribution in [3.05, 3.63) is 68.9 Å². The second-order valence-electron chi connectivity index (χ2n) is 5.23. The Hall–Kier alpha value is -3.00. The van der Waals surface area contributed by atoms with Crippen LogP contribution in [0.5, 0.6) is 0 Å². The Labute approximate surface area is 146 Å². The first-order valence-electron chi connectivity index (χ1n) is 7.47. The number of ether oxygens (including phenoxy) is 1. The predicted octanol–water partition coefficient (Wildman–Crippen LogP) is 1.79. The van der Waals surface area contributed by atoms with Crippen LogP contribution in [-0.4, -0.2) is 28.4 Å². The Kier molecular flexibility index (Phi) is 4.90. The number of amides is 1. The number of esters is 1. The smallest absolute Gasteiger partial charge is 0.307 e. The number of aromatic nitrogens is 2. The van der Waals surface area contributed by atoms with E-state index in [9.17, 15) is 14.4 Å². The first-order valence-corrected chi connectivity index (χ1v) is 8.35. The topological polar surface area (TPSA) is 89.8 Å². The van der Waals surface area contributed by atoms with E-state index in [2.05, 4.69) is 15.0 Å². The molecule has 0 fully saturated rings. The number of nitrogens with one attached hydrogen (secondary N) is 1. The minimum Gasteiger partial charge on any atom is -0.469 e. The Balaban J connectivity index is 1.90. The third kappa shape index (κ3) is 3.58. The fourth-order valence-corrected chi connectivity index (χ4v) is 3.16. The quantitative estimate of drug-likeness (QED) is 0.703. The number of thiophene rings is 1. The summed E-state index contributed by atoms with van der Waals surface area (Å²) < 4.78 is 5.98. The van der Waals surface area contributed by atoms with Crippen LogP contribution in [0.3, 0.4) is 0 Å². The molecule has 0 aliphatic heterocycles. The molecule has 1 amide bonds. The van der Waals surface area contributed by atoms with Gasteiger partial charge in [-0.1, -0.05) is 12.1 Å². The SMILES string of the molecule is COC(=O)C[C@@H](NC(=O)c1cnc2ccccn2c1=O)c1cccs1. The molecule has 0 aliphatic carbocycles. The summed E-state index contributed by atoms with van der Waals surface area (Å²) in [5.74, 6) is -1.04. The maximum Gasteiger partial charge on any atom is 0.307 e. The summed E-state index contributed by atoms with van der Waals surface area (Å²) in [5.41, 5.74) is -0.102. The number of hydrogen-bond acceptors (Lipinski definition) is 6. The van der Waals surface area contributed by atoms with Gasteiger partial charge in [-0.25, -0.2) is 4.98 Å². The summed E-state index contributed by atoms with van der Waals surface area (Å²) in [6.07, 6.45) is 2.77. The second kappa shape index (κ2) is 7.27. The van der Waals surface area contributed by atoms with Crippen molar-refractivity contribution in [2.75, 3.05) is 7.11 Å². The average Bonchev–Trinajstić information content (AvgIpc) is 3.16. The number of fused-ring (bicyclic) bond motifs is 1. The van der Waals surface area contributed by atoms with Crippen molar-refractivity contribution >= 4 is 28.9 Å². The van der Waals surface area contributed by atoms with Crippen LogP contribution in [0, 0.1) is 0 Å². The Morgan fingerprint density at radius 3 is 2.88 bits per heavy atom. The molecule has 0 saturated heterocycles. The van der Waals surface area contributed by atoms with Crippen LogP contribution in [0.4, 0.5) is 0 Å². The highest BCUT2D eigenvalue weighted by atomic mass is 32.1. The van der Waals surface area contributed by atoms with E-state index >= 15 is 0 Å². The molecule has 3 heterocycles. The van der Waals surface area contributed by atoms with E-state index in [1.165, 1.54) is 29.0 Å². The number of pyridine rings is 1. The molecule has 1 N–H and O–H groups in total. The standard InChI is InChI=1S/C17H15N3O4S/c1-24-15(21)9-12(13-5-4-8-25-13)19-16(22)11-10-18-14-6-2-3-7-20(14)17(11)23/h2-8,10,12H,9H2,1H3,(H,19,22)/t12-/m1/s1. The lowest BCUT2D eigenvalue weighted by molar-refractivity contribution is -0.141. The molecule has 0 saturated carbocycles. The van der Waals surface area contributed by atoms with Gasteiger partial charge in [0.25, 0.3) is 11.5 Å². The molecule has 3 rings (SSSR count). The fraction of sp³-hybridized carbons (Fsp3) is 0.176. The maximum atomic E-state index is 12.6. The van der Waals surface area contributed by atoms with Crippen molar-refractivity contribution in [2.45, 2.75) is 12.5 Å². The number of nitrogens with zero attached hydrogens (tertiary/aromatic N) is 2. The van der Waals surface area contributed by atoms with Crippen molar-refractivity contribution in [3.63, 3.8) is 0 Å². The summed E-state index contributed by atoms with van der Waals surface area (Å²) in [6.45, 7) is 0. The van der Waals surface area contributed by atoms with E-state index in [4.69, 9.17) is 0 Å². The van der Waals surface area contributed by atoms with Crippen molar-refractivity contribution in [1.82, 2.24) is 14.7 Å². The minimum atomic E-state index is -0.585. The van der Waals surface area contributed by atoms with Crippen molar-refractivity contribution < 1.29 is 14.3 Å². The molecule has 0 radical (unpaired) electrons. The second-order valence-corrected chi connectivity index (χ2v) is 6.21. The van der Waals surface area contributed by atoms with Gasteiger partial charge in [0.15, 0.2) is 0 Å². The van der Waals surface area contributed by atoms with Gasteiger partial charge >= 0.3 is 5.97 Å². The zero-order valence-corrected chi connectivity index (χ0v) is 14.2. The molecule has 0 aromatic carbocycles. The van der Waals surface area contributed by atoms with Gasteiger partial charge < -0.3 is 10.1 Å². The first kappa shape index (κ1) is 16.8. The van der Waals surface area contributed by atoms with Gasteiger partial charge in [-0.3, -0.25) is 18.8 Å². The first-order chi connectivity index (χ1) is 12.1. The van der Waals surface area contributed by atoms with Crippen LogP contribution in [0.15, 0.2) is 52.9 Å². The Bertz CT molecular complexity index is 965. The van der Waals surface area contributed by atoms with Gasteiger partial charge in [0.05, 0.1) is 19.6 Å². The van der Waals surface area contributed by atoms with Crippen LogP contribution in [0.1, 0.15) is 27.7 Å². The van der Waals surface area contributed by atoms with Crippen LogP contribution < -0.4 is 10.9 Å². The molecule has 3 aromatic heterocycles. The van der Waals surface area contributed by atoms with Gasteiger partial charge in [0.1, 0.15) is 11.2 Å². The van der Waals surface area contributed by atoms with Gasteiger partial charge in [-0.05, 0) is 23.6 Å². The highest BCUT2D eigenvalue weighted by Crippen LogP contribution is 2.22. The van der Waals surface area contributed by atoms with Crippen LogP contribution in [0.25, 0.3) is 5.65 Å². The molecule has 128 valence electrons. The number of carbonyl (C=O) groups is 2. The maximum absolute atomic E-state index is 12.6. The molecular formula is C17H15N3O4S. The van der Waals surface area contributed by atoms with Crippen molar-refractivity contribution in [3.8, 4) is 0 Å². The number of rotatable bonds is 5.